The summed E-state index contributed by atoms with van der Waals surface area (Å²) in [7, 11) is 0. The molecular formula is C24H38NO+. The van der Waals surface area contributed by atoms with Crippen LogP contribution >= 0.6 is 0 Å². The highest BCUT2D eigenvalue weighted by Gasteiger charge is 2.61. The summed E-state index contributed by atoms with van der Waals surface area (Å²) >= 11 is 0. The van der Waals surface area contributed by atoms with Crippen molar-refractivity contribution in [3.8, 4) is 0 Å². The Bertz CT molecular complexity index is 620. The Morgan fingerprint density at radius 3 is 2.65 bits per heavy atom. The van der Waals surface area contributed by atoms with Crippen molar-refractivity contribution in [1.82, 2.24) is 0 Å². The Hall–Kier alpha value is -0.890. The van der Waals surface area contributed by atoms with E-state index in [4.69, 9.17) is 5.73 Å². The van der Waals surface area contributed by atoms with Crippen LogP contribution in [0.15, 0.2) is 23.8 Å². The minimum atomic E-state index is 0.127. The molecule has 0 aromatic heterocycles. The van der Waals surface area contributed by atoms with E-state index >= 15 is 0 Å². The van der Waals surface area contributed by atoms with Gasteiger partial charge in [0.15, 0.2) is 0 Å². The lowest BCUT2D eigenvalue weighted by Crippen LogP contribution is -2.50. The van der Waals surface area contributed by atoms with E-state index in [-0.39, 0.29) is 5.41 Å². The second-order valence-corrected chi connectivity index (χ2v) is 10.0. The van der Waals surface area contributed by atoms with Gasteiger partial charge in [-0.2, -0.15) is 0 Å². The molecule has 0 saturated heterocycles. The molecule has 0 aromatic rings. The number of hydrogen-bond donors (Lipinski definition) is 1. The van der Waals surface area contributed by atoms with Gasteiger partial charge in [-0.05, 0) is 100 Å². The fraction of sp³-hybridized carbons (Fsp3) is 0.792. The molecule has 4 aliphatic carbocycles. The molecular weight excluding hydrogens is 318 g/mol. The molecule has 2 nitrogen and oxygen atoms in total. The second kappa shape index (κ2) is 6.93. The van der Waals surface area contributed by atoms with E-state index in [1.807, 2.05) is 0 Å². The summed E-state index contributed by atoms with van der Waals surface area (Å²) < 4.78 is 0. The molecule has 0 bridgehead atoms. The fourth-order valence-electron chi connectivity index (χ4n) is 7.20. The SMILES string of the molecule is C[C@]12CC[C@@H](/C=C/CCCN)C=C1CCC1C2CC[C@]2(C)C(=[OH+])CCC12. The third kappa shape index (κ3) is 2.84. The van der Waals surface area contributed by atoms with Crippen molar-refractivity contribution in [2.45, 2.75) is 78.1 Å². The zero-order valence-corrected chi connectivity index (χ0v) is 16.8. The van der Waals surface area contributed by atoms with Crippen LogP contribution in [0.5, 0.6) is 0 Å². The van der Waals surface area contributed by atoms with Crippen molar-refractivity contribution in [3.05, 3.63) is 23.8 Å². The van der Waals surface area contributed by atoms with Crippen LogP contribution in [-0.2, 0) is 0 Å². The summed E-state index contributed by atoms with van der Waals surface area (Å²) in [6, 6.07) is 0. The van der Waals surface area contributed by atoms with Gasteiger partial charge in [0.2, 0.25) is 0 Å². The topological polar surface area (TPSA) is 47.4 Å². The average Bonchev–Trinajstić information content (AvgIpc) is 2.94. The molecule has 4 aliphatic rings. The van der Waals surface area contributed by atoms with Crippen LogP contribution in [0.25, 0.3) is 0 Å². The molecule has 3 saturated carbocycles. The monoisotopic (exact) mass is 356 g/mol. The summed E-state index contributed by atoms with van der Waals surface area (Å²) in [5.74, 6) is 3.86. The molecule has 0 heterocycles. The first kappa shape index (κ1) is 18.5. The Morgan fingerprint density at radius 2 is 1.85 bits per heavy atom. The van der Waals surface area contributed by atoms with E-state index in [9.17, 15) is 4.79 Å². The summed E-state index contributed by atoms with van der Waals surface area (Å²) in [4.78, 5) is 10.5. The number of rotatable bonds is 4. The van der Waals surface area contributed by atoms with E-state index in [2.05, 4.69) is 32.1 Å². The molecule has 3 unspecified atom stereocenters. The fourth-order valence-corrected chi connectivity index (χ4v) is 7.20. The number of carbonyl (C=O) groups excluding carboxylic acids is 1. The van der Waals surface area contributed by atoms with E-state index in [1.54, 1.807) is 5.57 Å². The van der Waals surface area contributed by atoms with Crippen LogP contribution in [0.2, 0.25) is 0 Å². The van der Waals surface area contributed by atoms with E-state index in [0.29, 0.717) is 11.3 Å². The minimum absolute atomic E-state index is 0.127. The van der Waals surface area contributed by atoms with Crippen LogP contribution in [0.4, 0.5) is 0 Å². The lowest BCUT2D eigenvalue weighted by atomic mass is 9.47. The molecule has 0 aromatic carbocycles. The quantitative estimate of drug-likeness (QED) is 0.409. The largest absolute Gasteiger partial charge is 0.330 e. The molecule has 4 rings (SSSR count). The highest BCUT2D eigenvalue weighted by Crippen LogP contribution is 2.64. The van der Waals surface area contributed by atoms with Crippen molar-refractivity contribution in [3.63, 3.8) is 0 Å². The van der Waals surface area contributed by atoms with Gasteiger partial charge >= 0.3 is 0 Å². The first-order valence-electron chi connectivity index (χ1n) is 11.1. The van der Waals surface area contributed by atoms with Gasteiger partial charge < -0.3 is 5.73 Å². The van der Waals surface area contributed by atoms with Crippen molar-refractivity contribution in [2.24, 2.45) is 40.2 Å². The Labute approximate surface area is 159 Å². The molecule has 6 atom stereocenters. The Kier molecular flexibility index (Phi) is 4.92. The van der Waals surface area contributed by atoms with Gasteiger partial charge in [-0.1, -0.05) is 30.7 Å². The van der Waals surface area contributed by atoms with Crippen LogP contribution in [0.3, 0.4) is 0 Å². The van der Waals surface area contributed by atoms with Gasteiger partial charge in [-0.3, -0.25) is 4.79 Å². The van der Waals surface area contributed by atoms with E-state index < -0.39 is 0 Å². The Balaban J connectivity index is 1.52. The number of fused-ring (bicyclic) bond motifs is 5. The van der Waals surface area contributed by atoms with E-state index in [1.165, 1.54) is 44.9 Å². The minimum Gasteiger partial charge on any atom is -0.330 e. The van der Waals surface area contributed by atoms with Gasteiger partial charge in [0.25, 0.3) is 5.78 Å². The molecule has 144 valence electrons. The summed E-state index contributed by atoms with van der Waals surface area (Å²) in [6.07, 6.45) is 19.7. The smallest absolute Gasteiger partial charge is 0.299 e. The first-order valence-corrected chi connectivity index (χ1v) is 11.1. The lowest BCUT2D eigenvalue weighted by molar-refractivity contribution is -0.0211. The third-order valence-electron chi connectivity index (χ3n) is 8.85. The number of allylic oxidation sites excluding steroid dienone is 4. The summed E-state index contributed by atoms with van der Waals surface area (Å²) in [6.45, 7) is 5.72. The van der Waals surface area contributed by atoms with Crippen LogP contribution < -0.4 is 5.73 Å². The maximum absolute atomic E-state index is 10.5. The van der Waals surface area contributed by atoms with E-state index in [0.717, 1.165) is 49.3 Å². The van der Waals surface area contributed by atoms with Gasteiger partial charge in [0.05, 0.1) is 11.8 Å². The number of ketones is 1. The normalized spacial score (nSPS) is 45.2. The third-order valence-corrected chi connectivity index (χ3v) is 8.85. The maximum atomic E-state index is 10.5. The maximum Gasteiger partial charge on any atom is 0.299 e. The standard InChI is InChI=1S/C24H37NO/c1-23-13-11-17(6-4-3-5-15-25)16-18(23)7-8-19-20-9-10-22(26)24(20,2)14-12-21(19)23/h4,6,16-17,19-21H,3,5,7-15,25H2,1-2H3/p+1/b6-4+/t17-,19?,20?,21?,23+,24+/m1/s1. The van der Waals surface area contributed by atoms with Gasteiger partial charge in [0.1, 0.15) is 0 Å². The zero-order valence-electron chi connectivity index (χ0n) is 16.8. The predicted octanol–water partition coefficient (Wildman–Crippen LogP) is 5.41. The average molecular weight is 357 g/mol. The molecule has 0 aliphatic heterocycles. The molecule has 2 heteroatoms. The van der Waals surface area contributed by atoms with Gasteiger partial charge in [0, 0.05) is 0 Å². The van der Waals surface area contributed by atoms with Crippen LogP contribution in [-0.4, -0.2) is 17.1 Å². The summed E-state index contributed by atoms with van der Waals surface area (Å²) in [5, 5.41) is 0. The number of hydrogen-bond acceptors (Lipinski definition) is 1. The van der Waals surface area contributed by atoms with Gasteiger partial charge in [-0.25, -0.2) is 0 Å². The highest BCUT2D eigenvalue weighted by molar-refractivity contribution is 5.88. The molecule has 26 heavy (non-hydrogen) atoms. The zero-order chi connectivity index (χ0) is 18.4. The number of nitrogens with two attached hydrogens (primary N) is 1. The van der Waals surface area contributed by atoms with Crippen molar-refractivity contribution >= 4 is 5.78 Å². The summed E-state index contributed by atoms with van der Waals surface area (Å²) in [5.41, 5.74) is 7.91. The molecule has 0 radical (unpaired) electrons. The molecule has 3 fully saturated rings. The molecule has 0 spiro atoms. The Morgan fingerprint density at radius 1 is 1.08 bits per heavy atom. The first-order chi connectivity index (χ1) is 12.5. The van der Waals surface area contributed by atoms with Gasteiger partial charge in [-0.15, -0.1) is 0 Å². The van der Waals surface area contributed by atoms with Crippen molar-refractivity contribution in [2.75, 3.05) is 6.54 Å². The van der Waals surface area contributed by atoms with Crippen LogP contribution in [0.1, 0.15) is 78.1 Å². The highest BCUT2D eigenvalue weighted by atomic mass is 16.1. The van der Waals surface area contributed by atoms with Crippen LogP contribution in [0, 0.1) is 34.5 Å². The molecule has 0 amide bonds. The second-order valence-electron chi connectivity index (χ2n) is 10.0. The lowest BCUT2D eigenvalue weighted by Gasteiger charge is -2.56. The number of unbranched alkanes of at least 4 members (excludes halogenated alkanes) is 1. The van der Waals surface area contributed by atoms with Crippen molar-refractivity contribution in [1.29, 1.82) is 0 Å². The van der Waals surface area contributed by atoms with Crippen molar-refractivity contribution < 1.29 is 4.79 Å². The predicted molar refractivity (Wildman–Crippen MR) is 110 cm³/mol. The molecule has 3 N–H and O–H groups in total.